The molecule has 0 bridgehead atoms. The van der Waals surface area contributed by atoms with Gasteiger partial charge in [0.25, 0.3) is 0 Å². The number of rotatable bonds is 5. The summed E-state index contributed by atoms with van der Waals surface area (Å²) in [7, 11) is 0. The highest BCUT2D eigenvalue weighted by Crippen LogP contribution is 2.28. The zero-order valence-electron chi connectivity index (χ0n) is 15.9. The zero-order chi connectivity index (χ0) is 17.9. The molecule has 0 aliphatic carbocycles. The quantitative estimate of drug-likeness (QED) is 0.638. The van der Waals surface area contributed by atoms with Crippen molar-refractivity contribution in [3.63, 3.8) is 0 Å². The van der Waals surface area contributed by atoms with Crippen LogP contribution in [-0.4, -0.2) is 35.6 Å². The van der Waals surface area contributed by atoms with E-state index in [-0.39, 0.29) is 0 Å². The first-order valence-corrected chi connectivity index (χ1v) is 9.87. The first-order chi connectivity index (χ1) is 12.8. The Hall–Kier alpha value is -2.26. The van der Waals surface area contributed by atoms with Gasteiger partial charge in [0.05, 0.1) is 6.17 Å². The molecule has 3 heteroatoms. The largest absolute Gasteiger partial charge is 0.369 e. The first kappa shape index (κ1) is 17.2. The normalized spacial score (nSPS) is 16.9. The third-order valence-electron chi connectivity index (χ3n) is 5.63. The van der Waals surface area contributed by atoms with Crippen molar-refractivity contribution in [3.05, 3.63) is 66.4 Å². The summed E-state index contributed by atoms with van der Waals surface area (Å²) < 4.78 is 2.49. The monoisotopic (exact) mass is 347 g/mol. The molecule has 0 amide bonds. The molecule has 1 aliphatic rings. The zero-order valence-corrected chi connectivity index (χ0v) is 15.9. The van der Waals surface area contributed by atoms with Gasteiger partial charge in [-0.3, -0.25) is 4.90 Å². The van der Waals surface area contributed by atoms with Crippen LogP contribution in [0, 0.1) is 6.92 Å². The fraction of sp³-hybridized carbons (Fsp3) is 0.391. The summed E-state index contributed by atoms with van der Waals surface area (Å²) in [5, 5.41) is 1.34. The van der Waals surface area contributed by atoms with Crippen molar-refractivity contribution in [3.8, 4) is 0 Å². The molecule has 0 N–H and O–H groups in total. The molecular formula is C23H29N3. The van der Waals surface area contributed by atoms with Crippen molar-refractivity contribution < 1.29 is 0 Å². The Balaban J connectivity index is 1.51. The molecule has 3 nitrogen and oxygen atoms in total. The minimum Gasteiger partial charge on any atom is -0.369 e. The number of anilines is 1. The van der Waals surface area contributed by atoms with Gasteiger partial charge in [0.15, 0.2) is 0 Å². The molecule has 4 rings (SSSR count). The molecule has 1 fully saturated rings. The number of hydrogen-bond acceptors (Lipinski definition) is 2. The van der Waals surface area contributed by atoms with Gasteiger partial charge in [-0.15, -0.1) is 0 Å². The molecule has 3 aromatic rings. The van der Waals surface area contributed by atoms with E-state index in [1.807, 2.05) is 0 Å². The molecule has 2 aromatic carbocycles. The van der Waals surface area contributed by atoms with Crippen LogP contribution in [-0.2, 0) is 0 Å². The Morgan fingerprint density at radius 2 is 1.62 bits per heavy atom. The average Bonchev–Trinajstić information content (AvgIpc) is 3.11. The van der Waals surface area contributed by atoms with E-state index in [0.29, 0.717) is 6.17 Å². The molecule has 1 saturated heterocycles. The maximum absolute atomic E-state index is 2.67. The van der Waals surface area contributed by atoms with E-state index < -0.39 is 0 Å². The van der Waals surface area contributed by atoms with Crippen molar-refractivity contribution in [2.24, 2.45) is 0 Å². The van der Waals surface area contributed by atoms with Gasteiger partial charge in [0.2, 0.25) is 0 Å². The molecule has 1 atom stereocenters. The first-order valence-electron chi connectivity index (χ1n) is 9.87. The lowest BCUT2D eigenvalue weighted by atomic mass is 10.1. The molecular weight excluding hydrogens is 318 g/mol. The Labute approximate surface area is 156 Å². The van der Waals surface area contributed by atoms with Gasteiger partial charge < -0.3 is 9.47 Å². The highest BCUT2D eigenvalue weighted by molar-refractivity contribution is 5.80. The standard InChI is InChI=1S/C23H29N3/c1-3-6-23(26-14-13-20-7-4-5-8-22(20)26)25-17-15-24(16-18-25)21-11-9-19(2)10-12-21/h4-5,7-14,23H,3,6,15-18H2,1-2H3. The third kappa shape index (κ3) is 3.36. The molecule has 136 valence electrons. The summed E-state index contributed by atoms with van der Waals surface area (Å²) in [6.45, 7) is 8.88. The molecule has 0 saturated carbocycles. The van der Waals surface area contributed by atoms with Crippen LogP contribution >= 0.6 is 0 Å². The van der Waals surface area contributed by atoms with Gasteiger partial charge in [-0.1, -0.05) is 49.2 Å². The smallest absolute Gasteiger partial charge is 0.0865 e. The van der Waals surface area contributed by atoms with E-state index in [1.165, 1.54) is 35.0 Å². The van der Waals surface area contributed by atoms with Gasteiger partial charge in [0, 0.05) is 43.6 Å². The Morgan fingerprint density at radius 1 is 0.885 bits per heavy atom. The Bertz CT molecular complexity index is 841. The number of piperazine rings is 1. The Kier molecular flexibility index (Phi) is 4.98. The van der Waals surface area contributed by atoms with E-state index in [0.717, 1.165) is 26.2 Å². The number of aromatic nitrogens is 1. The van der Waals surface area contributed by atoms with E-state index in [4.69, 9.17) is 0 Å². The van der Waals surface area contributed by atoms with Crippen LogP contribution in [0.3, 0.4) is 0 Å². The van der Waals surface area contributed by atoms with E-state index in [9.17, 15) is 0 Å². The van der Waals surface area contributed by atoms with Crippen molar-refractivity contribution in [2.45, 2.75) is 32.9 Å². The minimum absolute atomic E-state index is 0.458. The van der Waals surface area contributed by atoms with Crippen molar-refractivity contribution in [1.29, 1.82) is 0 Å². The predicted molar refractivity (Wildman–Crippen MR) is 111 cm³/mol. The van der Waals surface area contributed by atoms with Crippen LogP contribution < -0.4 is 4.90 Å². The van der Waals surface area contributed by atoms with Crippen LogP contribution in [0.1, 0.15) is 31.5 Å². The van der Waals surface area contributed by atoms with Crippen LogP contribution in [0.5, 0.6) is 0 Å². The second-order valence-corrected chi connectivity index (χ2v) is 7.41. The Morgan fingerprint density at radius 3 is 2.35 bits per heavy atom. The summed E-state index contributed by atoms with van der Waals surface area (Å²) >= 11 is 0. The molecule has 2 heterocycles. The number of nitrogens with zero attached hydrogens (tertiary/aromatic N) is 3. The van der Waals surface area contributed by atoms with E-state index in [1.54, 1.807) is 0 Å². The van der Waals surface area contributed by atoms with Crippen LogP contribution in [0.2, 0.25) is 0 Å². The van der Waals surface area contributed by atoms with E-state index in [2.05, 4.69) is 89.0 Å². The highest BCUT2D eigenvalue weighted by Gasteiger charge is 2.25. The molecule has 1 aliphatic heterocycles. The minimum atomic E-state index is 0.458. The molecule has 0 radical (unpaired) electrons. The molecule has 26 heavy (non-hydrogen) atoms. The number of fused-ring (bicyclic) bond motifs is 1. The van der Waals surface area contributed by atoms with Crippen LogP contribution in [0.25, 0.3) is 10.9 Å². The lowest BCUT2D eigenvalue weighted by Crippen LogP contribution is -2.48. The maximum Gasteiger partial charge on any atom is 0.0865 e. The van der Waals surface area contributed by atoms with E-state index >= 15 is 0 Å². The summed E-state index contributed by atoms with van der Waals surface area (Å²) in [4.78, 5) is 5.19. The van der Waals surface area contributed by atoms with Crippen LogP contribution in [0.4, 0.5) is 5.69 Å². The van der Waals surface area contributed by atoms with Crippen LogP contribution in [0.15, 0.2) is 60.8 Å². The van der Waals surface area contributed by atoms with Gasteiger partial charge in [-0.05, 0) is 43.0 Å². The van der Waals surface area contributed by atoms with Crippen molar-refractivity contribution in [1.82, 2.24) is 9.47 Å². The second-order valence-electron chi connectivity index (χ2n) is 7.41. The number of para-hydroxylation sites is 1. The molecule has 1 unspecified atom stereocenters. The van der Waals surface area contributed by atoms with Gasteiger partial charge >= 0.3 is 0 Å². The van der Waals surface area contributed by atoms with Gasteiger partial charge in [-0.25, -0.2) is 0 Å². The maximum atomic E-state index is 2.67. The fourth-order valence-electron chi connectivity index (χ4n) is 4.15. The summed E-state index contributed by atoms with van der Waals surface area (Å²) in [6.07, 6.45) is 5.13. The topological polar surface area (TPSA) is 11.4 Å². The SMILES string of the molecule is CCCC(N1CCN(c2ccc(C)cc2)CC1)n1ccc2ccccc21. The molecule has 1 aromatic heterocycles. The van der Waals surface area contributed by atoms with Gasteiger partial charge in [0.1, 0.15) is 0 Å². The number of aryl methyl sites for hydroxylation is 1. The number of hydrogen-bond donors (Lipinski definition) is 0. The second kappa shape index (κ2) is 7.55. The lowest BCUT2D eigenvalue weighted by molar-refractivity contribution is 0.125. The van der Waals surface area contributed by atoms with Crippen molar-refractivity contribution in [2.75, 3.05) is 31.1 Å². The average molecular weight is 348 g/mol. The summed E-state index contributed by atoms with van der Waals surface area (Å²) in [6, 6.07) is 19.9. The fourth-order valence-corrected chi connectivity index (χ4v) is 4.15. The number of benzene rings is 2. The molecule has 0 spiro atoms. The highest BCUT2D eigenvalue weighted by atomic mass is 15.3. The summed E-state index contributed by atoms with van der Waals surface area (Å²) in [5.41, 5.74) is 4.04. The van der Waals surface area contributed by atoms with Crippen molar-refractivity contribution >= 4 is 16.6 Å². The predicted octanol–water partition coefficient (Wildman–Crippen LogP) is 5.07. The summed E-state index contributed by atoms with van der Waals surface area (Å²) in [5.74, 6) is 0. The lowest BCUT2D eigenvalue weighted by Gasteiger charge is -2.41. The third-order valence-corrected chi connectivity index (χ3v) is 5.63. The van der Waals surface area contributed by atoms with Gasteiger partial charge in [-0.2, -0.15) is 0 Å².